The van der Waals surface area contributed by atoms with Gasteiger partial charge in [-0.1, -0.05) is 19.9 Å². The molecular weight excluding hydrogens is 372 g/mol. The Morgan fingerprint density at radius 3 is 2.50 bits per heavy atom. The number of carbonyl (C=O) groups is 1. The summed E-state index contributed by atoms with van der Waals surface area (Å²) in [5, 5.41) is 4.68. The number of hydrogen-bond acceptors (Lipinski definition) is 5. The lowest BCUT2D eigenvalue weighted by atomic mass is 10.2. The quantitative estimate of drug-likeness (QED) is 0.705. The van der Waals surface area contributed by atoms with Gasteiger partial charge in [0.1, 0.15) is 10.6 Å². The maximum Gasteiger partial charge on any atom is 0.246 e. The summed E-state index contributed by atoms with van der Waals surface area (Å²) in [4.78, 5) is 13.2. The Kier molecular flexibility index (Phi) is 7.19. The van der Waals surface area contributed by atoms with Gasteiger partial charge < -0.3 is 10.1 Å². The van der Waals surface area contributed by atoms with E-state index >= 15 is 0 Å². The number of nitrogens with one attached hydrogen (secondary N) is 1. The van der Waals surface area contributed by atoms with Crippen molar-refractivity contribution < 1.29 is 17.9 Å². The molecular formula is C18H24N2O4S2. The lowest BCUT2D eigenvalue weighted by Gasteiger charge is -2.21. The molecule has 0 spiro atoms. The zero-order valence-corrected chi connectivity index (χ0v) is 16.8. The van der Waals surface area contributed by atoms with Crippen molar-refractivity contribution in [2.75, 3.05) is 25.0 Å². The molecule has 0 saturated heterocycles. The highest BCUT2D eigenvalue weighted by atomic mass is 32.2. The van der Waals surface area contributed by atoms with Gasteiger partial charge in [0.25, 0.3) is 0 Å². The van der Waals surface area contributed by atoms with Crippen molar-refractivity contribution in [1.29, 1.82) is 0 Å². The van der Waals surface area contributed by atoms with Crippen LogP contribution in [0.1, 0.15) is 25.6 Å². The van der Waals surface area contributed by atoms with Gasteiger partial charge in [-0.05, 0) is 36.6 Å². The van der Waals surface area contributed by atoms with E-state index in [0.717, 1.165) is 4.88 Å². The molecule has 1 heterocycles. The van der Waals surface area contributed by atoms with E-state index in [1.807, 2.05) is 17.5 Å². The van der Waals surface area contributed by atoms with E-state index in [9.17, 15) is 13.2 Å². The number of rotatable bonds is 9. The van der Waals surface area contributed by atoms with Crippen molar-refractivity contribution in [3.05, 3.63) is 40.6 Å². The Hall–Kier alpha value is -1.90. The minimum atomic E-state index is -3.70. The summed E-state index contributed by atoms with van der Waals surface area (Å²) in [6, 6.07) is 8.47. The number of benzene rings is 1. The van der Waals surface area contributed by atoms with Crippen LogP contribution >= 0.6 is 11.3 Å². The van der Waals surface area contributed by atoms with Gasteiger partial charge in [0, 0.05) is 23.7 Å². The molecule has 6 nitrogen and oxygen atoms in total. The zero-order valence-electron chi connectivity index (χ0n) is 15.2. The van der Waals surface area contributed by atoms with Gasteiger partial charge >= 0.3 is 0 Å². The Bertz CT molecular complexity index is 829. The van der Waals surface area contributed by atoms with Crippen LogP contribution in [0.25, 0.3) is 0 Å². The second-order valence-electron chi connectivity index (χ2n) is 5.49. The summed E-state index contributed by atoms with van der Waals surface area (Å²) in [7, 11) is -3.70. The highest BCUT2D eigenvalue weighted by Gasteiger charge is 2.26. The van der Waals surface area contributed by atoms with Crippen LogP contribution in [0, 0.1) is 0 Å². The molecule has 0 bridgehead atoms. The summed E-state index contributed by atoms with van der Waals surface area (Å²) < 4.78 is 32.7. The molecule has 0 aliphatic heterocycles. The summed E-state index contributed by atoms with van der Waals surface area (Å²) in [6.45, 7) is 6.44. The molecule has 0 unspecified atom stereocenters. The molecule has 1 aromatic heterocycles. The van der Waals surface area contributed by atoms with Crippen molar-refractivity contribution in [3.63, 3.8) is 0 Å². The van der Waals surface area contributed by atoms with E-state index in [4.69, 9.17) is 4.74 Å². The minimum Gasteiger partial charge on any atom is -0.492 e. The number of anilines is 1. The van der Waals surface area contributed by atoms with Crippen molar-refractivity contribution in [1.82, 2.24) is 4.31 Å². The van der Waals surface area contributed by atoms with Gasteiger partial charge in [0.05, 0.1) is 13.0 Å². The SMILES string of the molecule is CCOc1ccc(NC(=O)Cc2cccs2)cc1S(=O)(=O)N(CC)CC. The molecule has 0 radical (unpaired) electrons. The zero-order chi connectivity index (χ0) is 19.2. The smallest absolute Gasteiger partial charge is 0.246 e. The molecule has 0 atom stereocenters. The number of thiophene rings is 1. The van der Waals surface area contributed by atoms with Crippen molar-refractivity contribution >= 4 is 33.0 Å². The molecule has 2 rings (SSSR count). The lowest BCUT2D eigenvalue weighted by molar-refractivity contribution is -0.115. The number of ether oxygens (including phenoxy) is 1. The normalized spacial score (nSPS) is 11.5. The third-order valence-corrected chi connectivity index (χ3v) is 6.71. The Morgan fingerprint density at radius 1 is 1.19 bits per heavy atom. The molecule has 0 saturated carbocycles. The summed E-state index contributed by atoms with van der Waals surface area (Å²) >= 11 is 1.50. The fourth-order valence-electron chi connectivity index (χ4n) is 2.54. The van der Waals surface area contributed by atoms with Crippen LogP contribution in [-0.2, 0) is 21.2 Å². The predicted octanol–water partition coefficient (Wildman–Crippen LogP) is 3.36. The van der Waals surface area contributed by atoms with Gasteiger partial charge in [-0.2, -0.15) is 4.31 Å². The first kappa shape index (κ1) is 20.4. The number of carbonyl (C=O) groups excluding carboxylic acids is 1. The molecule has 2 aromatic rings. The average molecular weight is 397 g/mol. The van der Waals surface area contributed by atoms with Crippen LogP contribution < -0.4 is 10.1 Å². The number of nitrogens with zero attached hydrogens (tertiary/aromatic N) is 1. The molecule has 1 N–H and O–H groups in total. The van der Waals surface area contributed by atoms with Crippen LogP contribution in [0.5, 0.6) is 5.75 Å². The van der Waals surface area contributed by atoms with Crippen molar-refractivity contribution in [2.45, 2.75) is 32.1 Å². The van der Waals surface area contributed by atoms with Gasteiger partial charge in [-0.15, -0.1) is 11.3 Å². The number of sulfonamides is 1. The van der Waals surface area contributed by atoms with E-state index in [1.165, 1.54) is 21.7 Å². The maximum absolute atomic E-state index is 12.9. The Morgan fingerprint density at radius 2 is 1.92 bits per heavy atom. The third kappa shape index (κ3) is 4.84. The first-order valence-electron chi connectivity index (χ1n) is 8.51. The van der Waals surface area contributed by atoms with Gasteiger partial charge in [-0.25, -0.2) is 8.42 Å². The monoisotopic (exact) mass is 396 g/mol. The molecule has 142 valence electrons. The first-order chi connectivity index (χ1) is 12.4. The van der Waals surface area contributed by atoms with Gasteiger partial charge in [0.15, 0.2) is 0 Å². The maximum atomic E-state index is 12.9. The fraction of sp³-hybridized carbons (Fsp3) is 0.389. The summed E-state index contributed by atoms with van der Waals surface area (Å²) in [5.74, 6) is 0.0958. The van der Waals surface area contributed by atoms with E-state index in [2.05, 4.69) is 5.32 Å². The molecule has 0 aliphatic rings. The average Bonchev–Trinajstić information content (AvgIpc) is 3.10. The van der Waals surface area contributed by atoms with Crippen LogP contribution in [-0.4, -0.2) is 38.3 Å². The van der Waals surface area contributed by atoms with Crippen LogP contribution in [0.2, 0.25) is 0 Å². The van der Waals surface area contributed by atoms with Crippen LogP contribution in [0.3, 0.4) is 0 Å². The fourth-order valence-corrected chi connectivity index (χ4v) is 4.86. The molecule has 8 heteroatoms. The topological polar surface area (TPSA) is 75.7 Å². The largest absolute Gasteiger partial charge is 0.492 e. The highest BCUT2D eigenvalue weighted by Crippen LogP contribution is 2.30. The van der Waals surface area contributed by atoms with E-state index in [0.29, 0.717) is 25.4 Å². The van der Waals surface area contributed by atoms with E-state index in [1.54, 1.807) is 32.9 Å². The van der Waals surface area contributed by atoms with Crippen LogP contribution in [0.4, 0.5) is 5.69 Å². The molecule has 26 heavy (non-hydrogen) atoms. The second kappa shape index (κ2) is 9.16. The molecule has 1 amide bonds. The molecule has 0 fully saturated rings. The summed E-state index contributed by atoms with van der Waals surface area (Å²) in [6.07, 6.45) is 0.253. The molecule has 0 aliphatic carbocycles. The molecule has 1 aromatic carbocycles. The van der Waals surface area contributed by atoms with Crippen molar-refractivity contribution in [2.24, 2.45) is 0 Å². The predicted molar refractivity (Wildman–Crippen MR) is 104 cm³/mol. The van der Waals surface area contributed by atoms with Gasteiger partial charge in [-0.3, -0.25) is 4.79 Å². The van der Waals surface area contributed by atoms with Gasteiger partial charge in [0.2, 0.25) is 15.9 Å². The summed E-state index contributed by atoms with van der Waals surface area (Å²) in [5.41, 5.74) is 0.431. The lowest BCUT2D eigenvalue weighted by Crippen LogP contribution is -2.31. The van der Waals surface area contributed by atoms with Crippen LogP contribution in [0.15, 0.2) is 40.6 Å². The van der Waals surface area contributed by atoms with Crippen molar-refractivity contribution in [3.8, 4) is 5.75 Å². The number of hydrogen-bond donors (Lipinski definition) is 1. The van der Waals surface area contributed by atoms with E-state index in [-0.39, 0.29) is 23.0 Å². The third-order valence-electron chi connectivity index (χ3n) is 3.77. The minimum absolute atomic E-state index is 0.0666. The highest BCUT2D eigenvalue weighted by molar-refractivity contribution is 7.89. The number of amides is 1. The van der Waals surface area contributed by atoms with E-state index < -0.39 is 10.0 Å². The standard InChI is InChI=1S/C18H24N2O4S2/c1-4-20(5-2)26(22,23)17-12-14(9-10-16(17)24-6-3)19-18(21)13-15-8-7-11-25-15/h7-12H,4-6,13H2,1-3H3,(H,19,21). The Labute approximate surface area is 158 Å². The second-order valence-corrected chi connectivity index (χ2v) is 8.43. The first-order valence-corrected chi connectivity index (χ1v) is 10.8. The Balaban J connectivity index is 2.31.